The smallest absolute Gasteiger partial charge is 0.335 e. The van der Waals surface area contributed by atoms with Gasteiger partial charge in [-0.3, -0.25) is 4.79 Å². The number of carbonyl (C=O) groups excluding carboxylic acids is 1. The summed E-state index contributed by atoms with van der Waals surface area (Å²) in [6.07, 6.45) is 0.498. The Kier molecular flexibility index (Phi) is 4.97. The predicted octanol–water partition coefficient (Wildman–Crippen LogP) is 2.60. The van der Waals surface area contributed by atoms with Crippen LogP contribution in [0.5, 0.6) is 0 Å². The van der Waals surface area contributed by atoms with E-state index in [1.54, 1.807) is 18.2 Å². The number of fused-ring (bicyclic) bond motifs is 1. The molecule has 0 aliphatic rings. The van der Waals surface area contributed by atoms with Gasteiger partial charge in [-0.1, -0.05) is 12.1 Å². The van der Waals surface area contributed by atoms with Crippen LogP contribution >= 0.6 is 0 Å². The zero-order valence-corrected chi connectivity index (χ0v) is 14.2. The molecule has 0 saturated heterocycles. The van der Waals surface area contributed by atoms with E-state index in [2.05, 4.69) is 10.3 Å². The summed E-state index contributed by atoms with van der Waals surface area (Å²) in [4.78, 5) is 26.8. The number of nitrogens with zero attached hydrogens (tertiary/aromatic N) is 2. The largest absolute Gasteiger partial charge is 0.478 e. The van der Waals surface area contributed by atoms with Crippen LogP contribution < -0.4 is 5.32 Å². The van der Waals surface area contributed by atoms with Crippen molar-refractivity contribution in [1.29, 1.82) is 0 Å². The number of hydrogen-bond acceptors (Lipinski definition) is 3. The Labute approximate surface area is 149 Å². The quantitative estimate of drug-likeness (QED) is 0.712. The van der Waals surface area contributed by atoms with Gasteiger partial charge in [-0.2, -0.15) is 0 Å². The first-order valence-electron chi connectivity index (χ1n) is 8.15. The number of benzene rings is 2. The van der Waals surface area contributed by atoms with Crippen molar-refractivity contribution in [3.63, 3.8) is 0 Å². The number of amides is 1. The Morgan fingerprint density at radius 3 is 2.58 bits per heavy atom. The van der Waals surface area contributed by atoms with Gasteiger partial charge in [0.15, 0.2) is 0 Å². The van der Waals surface area contributed by atoms with E-state index >= 15 is 0 Å². The van der Waals surface area contributed by atoms with Crippen LogP contribution in [-0.2, 0) is 17.8 Å². The summed E-state index contributed by atoms with van der Waals surface area (Å²) in [5.74, 6) is -0.721. The molecule has 6 nitrogen and oxygen atoms in total. The summed E-state index contributed by atoms with van der Waals surface area (Å²) in [5.41, 5.74) is 2.42. The highest BCUT2D eigenvalue weighted by Gasteiger charge is 2.14. The molecule has 3 aromatic rings. The maximum atomic E-state index is 13.1. The number of aromatic carboxylic acids is 1. The number of carbonyl (C=O) groups is 2. The summed E-state index contributed by atoms with van der Waals surface area (Å²) in [5, 5.41) is 11.9. The second-order valence-electron chi connectivity index (χ2n) is 5.98. The summed E-state index contributed by atoms with van der Waals surface area (Å²) < 4.78 is 15.1. The molecular weight excluding hydrogens is 337 g/mol. The minimum Gasteiger partial charge on any atom is -0.478 e. The number of aromatic nitrogens is 2. The Balaban J connectivity index is 1.99. The van der Waals surface area contributed by atoms with Crippen LogP contribution in [0.4, 0.5) is 4.39 Å². The van der Waals surface area contributed by atoms with E-state index < -0.39 is 5.97 Å². The molecule has 0 aliphatic heterocycles. The van der Waals surface area contributed by atoms with Crippen molar-refractivity contribution in [2.75, 3.05) is 6.54 Å². The van der Waals surface area contributed by atoms with E-state index in [1.165, 1.54) is 31.2 Å². The monoisotopic (exact) mass is 355 g/mol. The average molecular weight is 355 g/mol. The van der Waals surface area contributed by atoms with Gasteiger partial charge in [0.25, 0.3) is 0 Å². The Bertz CT molecular complexity index is 964. The summed E-state index contributed by atoms with van der Waals surface area (Å²) >= 11 is 0. The molecule has 0 fully saturated rings. The fraction of sp³-hybridized carbons (Fsp3) is 0.211. The minimum atomic E-state index is -1.01. The molecule has 0 aliphatic carbocycles. The fourth-order valence-electron chi connectivity index (χ4n) is 2.80. The number of rotatable bonds is 6. The van der Waals surface area contributed by atoms with E-state index in [0.717, 1.165) is 16.9 Å². The van der Waals surface area contributed by atoms with E-state index in [0.29, 0.717) is 25.0 Å². The molecule has 26 heavy (non-hydrogen) atoms. The van der Waals surface area contributed by atoms with Crippen molar-refractivity contribution in [3.8, 4) is 0 Å². The van der Waals surface area contributed by atoms with Gasteiger partial charge >= 0.3 is 5.97 Å². The molecule has 3 rings (SSSR count). The van der Waals surface area contributed by atoms with Crippen molar-refractivity contribution in [3.05, 3.63) is 65.2 Å². The van der Waals surface area contributed by atoms with Gasteiger partial charge in [0, 0.05) is 26.4 Å². The Morgan fingerprint density at radius 1 is 1.19 bits per heavy atom. The number of nitrogens with one attached hydrogen (secondary N) is 1. The third-order valence-corrected chi connectivity index (χ3v) is 4.05. The number of imidazole rings is 1. The molecule has 0 radical (unpaired) electrons. The van der Waals surface area contributed by atoms with Gasteiger partial charge in [-0.05, 0) is 35.9 Å². The normalized spacial score (nSPS) is 10.8. The summed E-state index contributed by atoms with van der Waals surface area (Å²) in [6, 6.07) is 11.0. The van der Waals surface area contributed by atoms with Gasteiger partial charge in [0.05, 0.1) is 16.6 Å². The summed E-state index contributed by atoms with van der Waals surface area (Å²) in [7, 11) is 0. The molecule has 0 atom stereocenters. The third-order valence-electron chi connectivity index (χ3n) is 4.05. The molecule has 2 N–H and O–H groups in total. The van der Waals surface area contributed by atoms with Crippen LogP contribution in [-0.4, -0.2) is 33.1 Å². The first-order valence-corrected chi connectivity index (χ1v) is 8.15. The third kappa shape index (κ3) is 3.88. The molecule has 1 heterocycles. The number of carboxylic acid groups (broad SMARTS) is 1. The Hall–Kier alpha value is -3.22. The van der Waals surface area contributed by atoms with Gasteiger partial charge < -0.3 is 15.0 Å². The molecule has 1 amide bonds. The lowest BCUT2D eigenvalue weighted by molar-refractivity contribution is -0.118. The molecule has 1 aromatic heterocycles. The lowest BCUT2D eigenvalue weighted by atomic mass is 10.2. The van der Waals surface area contributed by atoms with Crippen molar-refractivity contribution >= 4 is 22.9 Å². The predicted molar refractivity (Wildman–Crippen MR) is 94.6 cm³/mol. The first-order chi connectivity index (χ1) is 12.4. The highest BCUT2D eigenvalue weighted by atomic mass is 19.1. The van der Waals surface area contributed by atoms with Crippen molar-refractivity contribution < 1.29 is 19.1 Å². The number of hydrogen-bond donors (Lipinski definition) is 2. The lowest BCUT2D eigenvalue weighted by Gasteiger charge is -2.10. The highest BCUT2D eigenvalue weighted by Crippen LogP contribution is 2.20. The molecule has 0 spiro atoms. The second kappa shape index (κ2) is 7.35. The van der Waals surface area contributed by atoms with Gasteiger partial charge in [-0.25, -0.2) is 14.2 Å². The van der Waals surface area contributed by atoms with Crippen LogP contribution in [0.1, 0.15) is 28.7 Å². The van der Waals surface area contributed by atoms with Crippen LogP contribution in [0.15, 0.2) is 42.5 Å². The lowest BCUT2D eigenvalue weighted by Crippen LogP contribution is -2.23. The number of carboxylic acids is 1. The minimum absolute atomic E-state index is 0.126. The molecule has 0 bridgehead atoms. The zero-order chi connectivity index (χ0) is 18.7. The van der Waals surface area contributed by atoms with Crippen molar-refractivity contribution in [1.82, 2.24) is 14.9 Å². The van der Waals surface area contributed by atoms with Gasteiger partial charge in [0.1, 0.15) is 11.6 Å². The SMILES string of the molecule is CC(=O)NCCc1nc2cc(C(=O)O)ccc2n1Cc1ccc(F)cc1. The van der Waals surface area contributed by atoms with Crippen LogP contribution in [0.3, 0.4) is 0 Å². The van der Waals surface area contributed by atoms with Gasteiger partial charge in [0.2, 0.25) is 5.91 Å². The van der Waals surface area contributed by atoms with Crippen LogP contribution in [0.2, 0.25) is 0 Å². The van der Waals surface area contributed by atoms with E-state index in [1.807, 2.05) is 4.57 Å². The fourth-order valence-corrected chi connectivity index (χ4v) is 2.80. The molecular formula is C19H18FN3O3. The zero-order valence-electron chi connectivity index (χ0n) is 14.2. The maximum absolute atomic E-state index is 13.1. The number of halogens is 1. The topological polar surface area (TPSA) is 84.2 Å². The van der Waals surface area contributed by atoms with E-state index in [9.17, 15) is 14.0 Å². The van der Waals surface area contributed by atoms with Crippen LogP contribution in [0, 0.1) is 5.82 Å². The molecule has 0 saturated carbocycles. The molecule has 7 heteroatoms. The molecule has 2 aromatic carbocycles. The highest BCUT2D eigenvalue weighted by molar-refractivity contribution is 5.92. The van der Waals surface area contributed by atoms with Crippen molar-refractivity contribution in [2.24, 2.45) is 0 Å². The average Bonchev–Trinajstić information content (AvgIpc) is 2.93. The van der Waals surface area contributed by atoms with E-state index in [4.69, 9.17) is 5.11 Å². The summed E-state index contributed by atoms with van der Waals surface area (Å²) in [6.45, 7) is 2.34. The van der Waals surface area contributed by atoms with Crippen molar-refractivity contribution in [2.45, 2.75) is 19.9 Å². The van der Waals surface area contributed by atoms with Gasteiger partial charge in [-0.15, -0.1) is 0 Å². The van der Waals surface area contributed by atoms with E-state index in [-0.39, 0.29) is 17.3 Å². The molecule has 0 unspecified atom stereocenters. The second-order valence-corrected chi connectivity index (χ2v) is 5.98. The maximum Gasteiger partial charge on any atom is 0.335 e. The standard InChI is InChI=1S/C19H18FN3O3/c1-12(24)21-9-8-18-22-16-10-14(19(25)26)4-7-17(16)23(18)11-13-2-5-15(20)6-3-13/h2-7,10H,8-9,11H2,1H3,(H,21,24)(H,25,26). The first kappa shape index (κ1) is 17.6. The Morgan fingerprint density at radius 2 is 1.92 bits per heavy atom. The van der Waals surface area contributed by atoms with Crippen LogP contribution in [0.25, 0.3) is 11.0 Å². The molecule has 134 valence electrons.